The van der Waals surface area contributed by atoms with Gasteiger partial charge in [-0.2, -0.15) is 4.98 Å². The second-order valence-corrected chi connectivity index (χ2v) is 2.07. The molecule has 6 heteroatoms. The summed E-state index contributed by atoms with van der Waals surface area (Å²) in [4.78, 5) is 10.3. The SMILES string of the molecule is Nc1ncnc2[nH]c[n+](O)c12. The molecule has 0 spiro atoms. The Morgan fingerprint density at radius 2 is 2.36 bits per heavy atom. The molecule has 6 nitrogen and oxygen atoms in total. The number of rotatable bonds is 0. The van der Waals surface area contributed by atoms with E-state index < -0.39 is 0 Å². The second-order valence-electron chi connectivity index (χ2n) is 2.07. The third-order valence-electron chi connectivity index (χ3n) is 1.40. The summed E-state index contributed by atoms with van der Waals surface area (Å²) in [6.45, 7) is 0. The van der Waals surface area contributed by atoms with Crippen LogP contribution < -0.4 is 10.5 Å². The number of nitrogen functional groups attached to an aromatic ring is 1. The lowest BCUT2D eigenvalue weighted by Gasteiger charge is -1.87. The lowest BCUT2D eigenvalue weighted by atomic mass is 10.5. The van der Waals surface area contributed by atoms with E-state index in [4.69, 9.17) is 10.9 Å². The first-order valence-corrected chi connectivity index (χ1v) is 2.97. The van der Waals surface area contributed by atoms with E-state index in [1.807, 2.05) is 0 Å². The Bertz CT molecular complexity index is 395. The standard InChI is InChI=1S/C5H5N5O/c6-4-3-5(8-1-7-4)9-2-10(3)11/h1-2,11H,(H2,6,7,8)/p+1. The molecule has 0 radical (unpaired) electrons. The zero-order valence-corrected chi connectivity index (χ0v) is 5.52. The summed E-state index contributed by atoms with van der Waals surface area (Å²) in [6.07, 6.45) is 2.67. The van der Waals surface area contributed by atoms with Crippen molar-refractivity contribution in [2.24, 2.45) is 0 Å². The minimum atomic E-state index is 0.249. The molecule has 0 aliphatic heterocycles. The number of imidazole rings is 1. The van der Waals surface area contributed by atoms with Crippen LogP contribution in [-0.4, -0.2) is 20.2 Å². The van der Waals surface area contributed by atoms with Crippen LogP contribution in [0.25, 0.3) is 11.2 Å². The predicted octanol–water partition coefficient (Wildman–Crippen LogP) is -0.935. The van der Waals surface area contributed by atoms with Gasteiger partial charge in [0.25, 0.3) is 17.5 Å². The fourth-order valence-corrected chi connectivity index (χ4v) is 0.911. The summed E-state index contributed by atoms with van der Waals surface area (Å²) in [5.74, 6) is 0.249. The lowest BCUT2D eigenvalue weighted by Crippen LogP contribution is -2.28. The molecule has 0 bridgehead atoms. The van der Waals surface area contributed by atoms with Gasteiger partial charge in [0.05, 0.1) is 0 Å². The molecule has 0 unspecified atom stereocenters. The third-order valence-corrected chi connectivity index (χ3v) is 1.40. The molecule has 11 heavy (non-hydrogen) atoms. The van der Waals surface area contributed by atoms with Crippen molar-refractivity contribution in [2.75, 3.05) is 5.73 Å². The van der Waals surface area contributed by atoms with Gasteiger partial charge in [-0.3, -0.25) is 0 Å². The molecular weight excluding hydrogens is 146 g/mol. The van der Waals surface area contributed by atoms with E-state index in [0.717, 1.165) is 4.73 Å². The molecule has 0 aliphatic rings. The van der Waals surface area contributed by atoms with Crippen LogP contribution in [0, 0.1) is 0 Å². The summed E-state index contributed by atoms with van der Waals surface area (Å²) >= 11 is 0. The number of nitrogens with one attached hydrogen (secondary N) is 1. The van der Waals surface area contributed by atoms with Gasteiger partial charge >= 0.3 is 0 Å². The number of nitrogens with two attached hydrogens (primary N) is 1. The quantitative estimate of drug-likeness (QED) is 0.335. The number of H-pyrrole nitrogens is 1. The Morgan fingerprint density at radius 1 is 1.55 bits per heavy atom. The van der Waals surface area contributed by atoms with Crippen molar-refractivity contribution >= 4 is 17.0 Å². The van der Waals surface area contributed by atoms with Crippen LogP contribution in [0.4, 0.5) is 5.82 Å². The van der Waals surface area contributed by atoms with Gasteiger partial charge in [-0.05, 0) is 4.73 Å². The van der Waals surface area contributed by atoms with Crippen LogP contribution in [0.2, 0.25) is 0 Å². The molecule has 0 aliphatic carbocycles. The number of fused-ring (bicyclic) bond motifs is 1. The predicted molar refractivity (Wildman–Crippen MR) is 35.7 cm³/mol. The zero-order chi connectivity index (χ0) is 7.84. The van der Waals surface area contributed by atoms with E-state index in [2.05, 4.69) is 15.0 Å². The van der Waals surface area contributed by atoms with E-state index in [1.54, 1.807) is 0 Å². The van der Waals surface area contributed by atoms with Crippen LogP contribution in [-0.2, 0) is 0 Å². The highest BCUT2D eigenvalue weighted by Gasteiger charge is 2.13. The van der Waals surface area contributed by atoms with E-state index in [-0.39, 0.29) is 5.82 Å². The highest BCUT2D eigenvalue weighted by Crippen LogP contribution is 2.07. The summed E-state index contributed by atoms with van der Waals surface area (Å²) in [6, 6.07) is 0. The molecule has 56 valence electrons. The van der Waals surface area contributed by atoms with Gasteiger partial charge in [0.1, 0.15) is 6.33 Å². The largest absolute Gasteiger partial charge is 0.380 e. The maximum absolute atomic E-state index is 9.12. The summed E-state index contributed by atoms with van der Waals surface area (Å²) in [5.41, 5.74) is 6.36. The first-order chi connectivity index (χ1) is 5.29. The van der Waals surface area contributed by atoms with Crippen molar-refractivity contribution in [1.82, 2.24) is 15.0 Å². The normalized spacial score (nSPS) is 10.5. The Balaban J connectivity index is 2.96. The Labute approximate surface area is 61.3 Å². The fraction of sp³-hybridized carbons (Fsp3) is 0. The first-order valence-electron chi connectivity index (χ1n) is 2.97. The number of aromatic nitrogens is 4. The molecule has 0 amide bonds. The molecule has 0 aromatic carbocycles. The molecule has 0 saturated heterocycles. The van der Waals surface area contributed by atoms with Crippen molar-refractivity contribution < 1.29 is 9.94 Å². The highest BCUT2D eigenvalue weighted by atomic mass is 16.5. The lowest BCUT2D eigenvalue weighted by molar-refractivity contribution is -0.884. The van der Waals surface area contributed by atoms with E-state index in [1.165, 1.54) is 12.7 Å². The van der Waals surface area contributed by atoms with Gasteiger partial charge in [0, 0.05) is 0 Å². The summed E-state index contributed by atoms with van der Waals surface area (Å²) < 4.78 is 0.852. The maximum Gasteiger partial charge on any atom is 0.284 e. The van der Waals surface area contributed by atoms with E-state index >= 15 is 0 Å². The summed E-state index contributed by atoms with van der Waals surface area (Å²) in [7, 11) is 0. The van der Waals surface area contributed by atoms with Crippen LogP contribution >= 0.6 is 0 Å². The topological polar surface area (TPSA) is 91.7 Å². The number of nitrogens with zero attached hydrogens (tertiary/aromatic N) is 3. The minimum absolute atomic E-state index is 0.249. The van der Waals surface area contributed by atoms with Crippen LogP contribution in [0.15, 0.2) is 12.7 Å². The molecule has 4 N–H and O–H groups in total. The van der Waals surface area contributed by atoms with Crippen molar-refractivity contribution in [3.05, 3.63) is 12.7 Å². The number of hydrogen-bond acceptors (Lipinski definition) is 4. The smallest absolute Gasteiger partial charge is 0.284 e. The summed E-state index contributed by atoms with van der Waals surface area (Å²) in [5, 5.41) is 9.12. The van der Waals surface area contributed by atoms with Gasteiger partial charge in [-0.15, -0.1) is 0 Å². The number of aromatic amines is 1. The monoisotopic (exact) mass is 152 g/mol. The van der Waals surface area contributed by atoms with Gasteiger partial charge in [-0.25, -0.2) is 9.97 Å². The Kier molecular flexibility index (Phi) is 0.974. The van der Waals surface area contributed by atoms with Gasteiger partial charge < -0.3 is 10.9 Å². The van der Waals surface area contributed by atoms with Gasteiger partial charge in [-0.1, -0.05) is 0 Å². The molecule has 2 heterocycles. The van der Waals surface area contributed by atoms with Gasteiger partial charge in [0.15, 0.2) is 5.82 Å². The van der Waals surface area contributed by atoms with Crippen molar-refractivity contribution in [2.45, 2.75) is 0 Å². The van der Waals surface area contributed by atoms with Crippen molar-refractivity contribution in [1.29, 1.82) is 0 Å². The third kappa shape index (κ3) is 0.689. The highest BCUT2D eigenvalue weighted by molar-refractivity contribution is 5.76. The van der Waals surface area contributed by atoms with Gasteiger partial charge in [0.2, 0.25) is 0 Å². The Hall–Kier alpha value is -1.85. The van der Waals surface area contributed by atoms with Crippen molar-refractivity contribution in [3.8, 4) is 0 Å². The molecule has 2 aromatic rings. The second kappa shape index (κ2) is 1.82. The minimum Gasteiger partial charge on any atom is -0.380 e. The average Bonchev–Trinajstić information content (AvgIpc) is 2.34. The molecular formula is C5H6N5O+. The molecule has 0 saturated carbocycles. The van der Waals surface area contributed by atoms with Crippen LogP contribution in [0.3, 0.4) is 0 Å². The maximum atomic E-state index is 9.12. The number of hydrogen-bond donors (Lipinski definition) is 3. The molecule has 0 atom stereocenters. The Morgan fingerprint density at radius 3 is 3.09 bits per heavy atom. The molecule has 0 fully saturated rings. The van der Waals surface area contributed by atoms with Crippen LogP contribution in [0.1, 0.15) is 0 Å². The van der Waals surface area contributed by atoms with Crippen molar-refractivity contribution in [3.63, 3.8) is 0 Å². The number of anilines is 1. The molecule has 2 aromatic heterocycles. The average molecular weight is 152 g/mol. The van der Waals surface area contributed by atoms with Crippen LogP contribution in [0.5, 0.6) is 0 Å². The first kappa shape index (κ1) is 5.90. The van der Waals surface area contributed by atoms with E-state index in [0.29, 0.717) is 11.2 Å². The zero-order valence-electron chi connectivity index (χ0n) is 5.52. The fourth-order valence-electron chi connectivity index (χ4n) is 0.911. The molecule has 2 rings (SSSR count). The van der Waals surface area contributed by atoms with E-state index in [9.17, 15) is 0 Å².